The van der Waals surface area contributed by atoms with Gasteiger partial charge in [0.1, 0.15) is 0 Å². The minimum absolute atomic E-state index is 0.302. The van der Waals surface area contributed by atoms with Crippen LogP contribution in [0.5, 0.6) is 0 Å². The maximum Gasteiger partial charge on any atom is 0.152 e. The first-order chi connectivity index (χ1) is 8.61. The van der Waals surface area contributed by atoms with Crippen LogP contribution in [0.2, 0.25) is 0 Å². The fourth-order valence-corrected chi connectivity index (χ4v) is 4.07. The van der Waals surface area contributed by atoms with Crippen LogP contribution in [-0.4, -0.2) is 49.8 Å². The summed E-state index contributed by atoms with van der Waals surface area (Å²) in [5, 5.41) is 0.903. The Labute approximate surface area is 117 Å². The molecule has 3 nitrogen and oxygen atoms in total. The first-order valence-electron chi connectivity index (χ1n) is 6.14. The molecule has 18 heavy (non-hydrogen) atoms. The van der Waals surface area contributed by atoms with E-state index in [0.717, 1.165) is 11.9 Å². The van der Waals surface area contributed by atoms with Crippen LogP contribution in [0.25, 0.3) is 0 Å². The number of nitrogens with zero attached hydrogens (tertiary/aromatic N) is 1. The molecule has 0 spiro atoms. The highest BCUT2D eigenvalue weighted by atomic mass is 79.9. The van der Waals surface area contributed by atoms with Gasteiger partial charge >= 0.3 is 0 Å². The Kier molecular flexibility index (Phi) is 4.81. The number of sulfone groups is 1. The van der Waals surface area contributed by atoms with Gasteiger partial charge < -0.3 is 4.90 Å². The number of hydrogen-bond donors (Lipinski definition) is 0. The predicted octanol–water partition coefficient (Wildman–Crippen LogP) is 1.90. The molecular weight excluding hydrogens is 314 g/mol. The van der Waals surface area contributed by atoms with Gasteiger partial charge in [0.25, 0.3) is 0 Å². The van der Waals surface area contributed by atoms with Crippen LogP contribution in [0, 0.1) is 0 Å². The van der Waals surface area contributed by atoms with Crippen molar-refractivity contribution in [3.8, 4) is 0 Å². The molecule has 0 radical (unpaired) electrons. The molecule has 1 aromatic rings. The molecule has 1 aromatic carbocycles. The van der Waals surface area contributed by atoms with Crippen molar-refractivity contribution in [2.24, 2.45) is 0 Å². The zero-order chi connectivity index (χ0) is 13.0. The van der Waals surface area contributed by atoms with Crippen LogP contribution >= 0.6 is 15.9 Å². The third kappa shape index (κ3) is 3.80. The van der Waals surface area contributed by atoms with E-state index < -0.39 is 9.84 Å². The largest absolute Gasteiger partial charge is 0.301 e. The van der Waals surface area contributed by atoms with E-state index in [0.29, 0.717) is 30.5 Å². The number of benzene rings is 1. The van der Waals surface area contributed by atoms with E-state index >= 15 is 0 Å². The van der Waals surface area contributed by atoms with Crippen molar-refractivity contribution < 1.29 is 8.42 Å². The van der Waals surface area contributed by atoms with Gasteiger partial charge in [-0.15, -0.1) is 0 Å². The van der Waals surface area contributed by atoms with Gasteiger partial charge in [0, 0.05) is 30.9 Å². The van der Waals surface area contributed by atoms with Crippen molar-refractivity contribution >= 4 is 25.8 Å². The van der Waals surface area contributed by atoms with Gasteiger partial charge in [-0.25, -0.2) is 8.42 Å². The molecule has 0 saturated carbocycles. The Morgan fingerprint density at radius 3 is 2.33 bits per heavy atom. The number of halogens is 1. The van der Waals surface area contributed by atoms with E-state index in [4.69, 9.17) is 0 Å². The summed E-state index contributed by atoms with van der Waals surface area (Å²) in [6, 6.07) is 10.4. The summed E-state index contributed by atoms with van der Waals surface area (Å²) in [4.78, 5) is 2.25. The standard InChI is InChI=1S/C13H18BrNO2S/c14-10-13(12-4-2-1-3-5-12)11-15-6-8-18(16,17)9-7-15/h1-5,13H,6-11H2. The molecule has 100 valence electrons. The van der Waals surface area contributed by atoms with Crippen molar-refractivity contribution in [3.05, 3.63) is 35.9 Å². The molecule has 0 aliphatic carbocycles. The molecule has 1 fully saturated rings. The lowest BCUT2D eigenvalue weighted by Gasteiger charge is -2.29. The molecule has 0 bridgehead atoms. The molecular formula is C13H18BrNO2S. The first-order valence-corrected chi connectivity index (χ1v) is 9.09. The van der Waals surface area contributed by atoms with Gasteiger partial charge in [-0.1, -0.05) is 46.3 Å². The molecule has 5 heteroatoms. The third-order valence-electron chi connectivity index (χ3n) is 3.37. The van der Waals surface area contributed by atoms with Crippen LogP contribution in [0.1, 0.15) is 11.5 Å². The molecule has 1 saturated heterocycles. The van der Waals surface area contributed by atoms with Crippen molar-refractivity contribution in [1.82, 2.24) is 4.90 Å². The molecule has 0 N–H and O–H groups in total. The topological polar surface area (TPSA) is 37.4 Å². The summed E-state index contributed by atoms with van der Waals surface area (Å²) >= 11 is 3.56. The first kappa shape index (κ1) is 14.0. The summed E-state index contributed by atoms with van der Waals surface area (Å²) in [5.41, 5.74) is 1.31. The van der Waals surface area contributed by atoms with Crippen LogP contribution < -0.4 is 0 Å². The van der Waals surface area contributed by atoms with Gasteiger partial charge in [0.2, 0.25) is 0 Å². The quantitative estimate of drug-likeness (QED) is 0.791. The molecule has 1 heterocycles. The Morgan fingerprint density at radius 2 is 1.78 bits per heavy atom. The second-order valence-electron chi connectivity index (χ2n) is 4.71. The summed E-state index contributed by atoms with van der Waals surface area (Å²) in [7, 11) is -2.78. The van der Waals surface area contributed by atoms with Crippen LogP contribution in [-0.2, 0) is 9.84 Å². The van der Waals surface area contributed by atoms with E-state index in [1.54, 1.807) is 0 Å². The Bertz CT molecular complexity index is 461. The van der Waals surface area contributed by atoms with Gasteiger partial charge in [-0.3, -0.25) is 0 Å². The van der Waals surface area contributed by atoms with Gasteiger partial charge in [0.05, 0.1) is 11.5 Å². The number of rotatable bonds is 4. The fraction of sp³-hybridized carbons (Fsp3) is 0.538. The minimum Gasteiger partial charge on any atom is -0.301 e. The molecule has 0 aromatic heterocycles. The number of alkyl halides is 1. The maximum atomic E-state index is 11.4. The van der Waals surface area contributed by atoms with Crippen LogP contribution in [0.15, 0.2) is 30.3 Å². The summed E-state index contributed by atoms with van der Waals surface area (Å²) in [5.74, 6) is 1.03. The molecule has 0 amide bonds. The Hall–Kier alpha value is -0.390. The number of hydrogen-bond acceptors (Lipinski definition) is 3. The monoisotopic (exact) mass is 331 g/mol. The van der Waals surface area contributed by atoms with Crippen molar-refractivity contribution in [1.29, 1.82) is 0 Å². The Morgan fingerprint density at radius 1 is 1.17 bits per heavy atom. The molecule has 1 aliphatic heterocycles. The lowest BCUT2D eigenvalue weighted by atomic mass is 10.0. The summed E-state index contributed by atoms with van der Waals surface area (Å²) < 4.78 is 22.8. The maximum absolute atomic E-state index is 11.4. The van der Waals surface area contributed by atoms with E-state index in [1.807, 2.05) is 18.2 Å². The molecule has 1 unspecified atom stereocenters. The zero-order valence-electron chi connectivity index (χ0n) is 10.3. The highest BCUT2D eigenvalue weighted by Crippen LogP contribution is 2.20. The highest BCUT2D eigenvalue weighted by molar-refractivity contribution is 9.09. The van der Waals surface area contributed by atoms with Crippen molar-refractivity contribution in [2.45, 2.75) is 5.92 Å². The normalized spacial score (nSPS) is 21.6. The molecule has 1 aliphatic rings. The van der Waals surface area contributed by atoms with E-state index in [-0.39, 0.29) is 0 Å². The van der Waals surface area contributed by atoms with Crippen LogP contribution in [0.4, 0.5) is 0 Å². The predicted molar refractivity (Wildman–Crippen MR) is 78.1 cm³/mol. The average molecular weight is 332 g/mol. The average Bonchev–Trinajstić information content (AvgIpc) is 2.39. The third-order valence-corrected chi connectivity index (χ3v) is 5.76. The Balaban J connectivity index is 1.96. The van der Waals surface area contributed by atoms with E-state index in [9.17, 15) is 8.42 Å². The van der Waals surface area contributed by atoms with Gasteiger partial charge in [0.15, 0.2) is 9.84 Å². The fourth-order valence-electron chi connectivity index (χ4n) is 2.21. The summed E-state index contributed by atoms with van der Waals surface area (Å²) in [6.07, 6.45) is 0. The SMILES string of the molecule is O=S1(=O)CCN(CC(CBr)c2ccccc2)CC1. The van der Waals surface area contributed by atoms with Gasteiger partial charge in [-0.2, -0.15) is 0 Å². The smallest absolute Gasteiger partial charge is 0.152 e. The van der Waals surface area contributed by atoms with E-state index in [2.05, 4.69) is 33.0 Å². The highest BCUT2D eigenvalue weighted by Gasteiger charge is 2.23. The lowest BCUT2D eigenvalue weighted by Crippen LogP contribution is -2.42. The van der Waals surface area contributed by atoms with E-state index in [1.165, 1.54) is 5.56 Å². The van der Waals surface area contributed by atoms with Gasteiger partial charge in [-0.05, 0) is 5.56 Å². The van der Waals surface area contributed by atoms with Crippen molar-refractivity contribution in [2.75, 3.05) is 36.5 Å². The van der Waals surface area contributed by atoms with Crippen LogP contribution in [0.3, 0.4) is 0 Å². The molecule has 2 rings (SSSR count). The second kappa shape index (κ2) is 6.17. The zero-order valence-corrected chi connectivity index (χ0v) is 12.7. The second-order valence-corrected chi connectivity index (χ2v) is 7.67. The lowest BCUT2D eigenvalue weighted by molar-refractivity contribution is 0.283. The molecule has 1 atom stereocenters. The minimum atomic E-state index is -2.78. The van der Waals surface area contributed by atoms with Crippen molar-refractivity contribution in [3.63, 3.8) is 0 Å². The summed E-state index contributed by atoms with van der Waals surface area (Å²) in [6.45, 7) is 2.25.